The summed E-state index contributed by atoms with van der Waals surface area (Å²) in [6.07, 6.45) is 0.0529. The highest BCUT2D eigenvalue weighted by Crippen LogP contribution is 2.03. The SMILES string of the molecule is COCC(N)(CN)CC(N)=O. The summed E-state index contributed by atoms with van der Waals surface area (Å²) >= 11 is 0. The summed E-state index contributed by atoms with van der Waals surface area (Å²) in [6, 6.07) is 0. The molecule has 0 saturated carbocycles. The van der Waals surface area contributed by atoms with Crippen LogP contribution in [0.5, 0.6) is 0 Å². The normalized spacial score (nSPS) is 15.9. The number of hydrogen-bond acceptors (Lipinski definition) is 4. The van der Waals surface area contributed by atoms with Crippen molar-refractivity contribution < 1.29 is 9.53 Å². The van der Waals surface area contributed by atoms with Crippen LogP contribution in [-0.2, 0) is 9.53 Å². The summed E-state index contributed by atoms with van der Waals surface area (Å²) in [5.74, 6) is -0.463. The molecule has 0 aliphatic carbocycles. The van der Waals surface area contributed by atoms with Crippen LogP contribution in [0.1, 0.15) is 6.42 Å². The molecule has 1 unspecified atom stereocenters. The van der Waals surface area contributed by atoms with Gasteiger partial charge in [0.15, 0.2) is 0 Å². The molecule has 0 saturated heterocycles. The van der Waals surface area contributed by atoms with E-state index in [1.54, 1.807) is 0 Å². The fourth-order valence-corrected chi connectivity index (χ4v) is 0.817. The maximum Gasteiger partial charge on any atom is 0.219 e. The molecular formula is C6H15N3O2. The Balaban J connectivity index is 3.98. The smallest absolute Gasteiger partial charge is 0.219 e. The van der Waals surface area contributed by atoms with Gasteiger partial charge in [0.05, 0.1) is 12.1 Å². The lowest BCUT2D eigenvalue weighted by atomic mass is 9.98. The van der Waals surface area contributed by atoms with E-state index in [-0.39, 0.29) is 19.6 Å². The molecular weight excluding hydrogens is 146 g/mol. The van der Waals surface area contributed by atoms with Gasteiger partial charge in [-0.05, 0) is 0 Å². The Kier molecular flexibility index (Phi) is 4.02. The first-order valence-electron chi connectivity index (χ1n) is 3.30. The second kappa shape index (κ2) is 4.27. The summed E-state index contributed by atoms with van der Waals surface area (Å²) in [4.78, 5) is 10.5. The molecule has 66 valence electrons. The molecule has 0 spiro atoms. The fourth-order valence-electron chi connectivity index (χ4n) is 0.817. The van der Waals surface area contributed by atoms with Gasteiger partial charge in [-0.3, -0.25) is 4.79 Å². The number of methoxy groups -OCH3 is 1. The lowest BCUT2D eigenvalue weighted by Gasteiger charge is -2.24. The van der Waals surface area contributed by atoms with Crippen LogP contribution in [0, 0.1) is 0 Å². The van der Waals surface area contributed by atoms with Crippen LogP contribution >= 0.6 is 0 Å². The van der Waals surface area contributed by atoms with Gasteiger partial charge >= 0.3 is 0 Å². The van der Waals surface area contributed by atoms with Gasteiger partial charge in [-0.2, -0.15) is 0 Å². The van der Waals surface area contributed by atoms with Crippen LogP contribution in [0.2, 0.25) is 0 Å². The van der Waals surface area contributed by atoms with Crippen molar-refractivity contribution in [2.24, 2.45) is 17.2 Å². The summed E-state index contributed by atoms with van der Waals surface area (Å²) in [6.45, 7) is 0.427. The average Bonchev–Trinajstić information content (AvgIpc) is 1.87. The Bertz CT molecular complexity index is 140. The number of rotatable bonds is 5. The van der Waals surface area contributed by atoms with Crippen molar-refractivity contribution in [1.82, 2.24) is 0 Å². The third kappa shape index (κ3) is 3.92. The summed E-state index contributed by atoms with van der Waals surface area (Å²) in [7, 11) is 1.50. The van der Waals surface area contributed by atoms with Crippen LogP contribution in [0.4, 0.5) is 0 Å². The number of carbonyl (C=O) groups excluding carboxylic acids is 1. The van der Waals surface area contributed by atoms with Gasteiger partial charge < -0.3 is 21.9 Å². The molecule has 0 radical (unpaired) electrons. The number of hydrogen-bond donors (Lipinski definition) is 3. The molecule has 6 N–H and O–H groups in total. The Labute approximate surface area is 65.9 Å². The average molecular weight is 161 g/mol. The van der Waals surface area contributed by atoms with E-state index in [0.29, 0.717) is 0 Å². The monoisotopic (exact) mass is 161 g/mol. The molecule has 1 atom stereocenters. The van der Waals surface area contributed by atoms with Crippen LogP contribution < -0.4 is 17.2 Å². The molecule has 5 heteroatoms. The first-order valence-corrected chi connectivity index (χ1v) is 3.30. The zero-order chi connectivity index (χ0) is 8.91. The van der Waals surface area contributed by atoms with Crippen molar-refractivity contribution in [2.45, 2.75) is 12.0 Å². The van der Waals surface area contributed by atoms with Crippen LogP contribution in [0.3, 0.4) is 0 Å². The van der Waals surface area contributed by atoms with Gasteiger partial charge in [-0.25, -0.2) is 0 Å². The Morgan fingerprint density at radius 2 is 2.18 bits per heavy atom. The summed E-state index contributed by atoms with van der Waals surface area (Å²) < 4.78 is 4.79. The molecule has 0 aromatic rings. The number of ether oxygens (including phenoxy) is 1. The molecule has 0 aromatic heterocycles. The number of carbonyl (C=O) groups is 1. The Morgan fingerprint density at radius 1 is 1.64 bits per heavy atom. The second-order valence-corrected chi connectivity index (χ2v) is 2.64. The maximum absolute atomic E-state index is 10.5. The minimum atomic E-state index is -0.805. The molecule has 0 fully saturated rings. The van der Waals surface area contributed by atoms with Gasteiger partial charge in [0.2, 0.25) is 5.91 Å². The minimum Gasteiger partial charge on any atom is -0.383 e. The van der Waals surface area contributed by atoms with E-state index in [0.717, 1.165) is 0 Å². The molecule has 0 aliphatic rings. The quantitative estimate of drug-likeness (QED) is 0.441. The molecule has 1 amide bonds. The van der Waals surface area contributed by atoms with Crippen molar-refractivity contribution in [1.29, 1.82) is 0 Å². The van der Waals surface area contributed by atoms with Crippen molar-refractivity contribution >= 4 is 5.91 Å². The molecule has 0 bridgehead atoms. The van der Waals surface area contributed by atoms with E-state index in [4.69, 9.17) is 21.9 Å². The third-order valence-corrected chi connectivity index (χ3v) is 1.36. The predicted octanol–water partition coefficient (Wildman–Crippen LogP) is -1.84. The predicted molar refractivity (Wildman–Crippen MR) is 41.7 cm³/mol. The number of nitrogens with two attached hydrogens (primary N) is 3. The van der Waals surface area contributed by atoms with Crippen molar-refractivity contribution in [3.8, 4) is 0 Å². The van der Waals surface area contributed by atoms with E-state index in [2.05, 4.69) is 0 Å². The van der Waals surface area contributed by atoms with Crippen LogP contribution in [-0.4, -0.2) is 31.7 Å². The zero-order valence-electron chi connectivity index (χ0n) is 6.67. The first kappa shape index (κ1) is 10.3. The fraction of sp³-hybridized carbons (Fsp3) is 0.833. The molecule has 5 nitrogen and oxygen atoms in total. The topological polar surface area (TPSA) is 104 Å². The van der Waals surface area contributed by atoms with Gasteiger partial charge in [-0.1, -0.05) is 0 Å². The highest BCUT2D eigenvalue weighted by molar-refractivity contribution is 5.75. The van der Waals surface area contributed by atoms with E-state index >= 15 is 0 Å². The van der Waals surface area contributed by atoms with Crippen molar-refractivity contribution in [3.63, 3.8) is 0 Å². The Morgan fingerprint density at radius 3 is 2.45 bits per heavy atom. The molecule has 11 heavy (non-hydrogen) atoms. The van der Waals surface area contributed by atoms with Gasteiger partial charge in [-0.15, -0.1) is 0 Å². The van der Waals surface area contributed by atoms with E-state index in [1.165, 1.54) is 7.11 Å². The summed E-state index contributed by atoms with van der Waals surface area (Å²) in [5.41, 5.74) is 15.1. The first-order chi connectivity index (χ1) is 5.04. The highest BCUT2D eigenvalue weighted by atomic mass is 16.5. The van der Waals surface area contributed by atoms with Crippen molar-refractivity contribution in [2.75, 3.05) is 20.3 Å². The van der Waals surface area contributed by atoms with Gasteiger partial charge in [0, 0.05) is 20.1 Å². The lowest BCUT2D eigenvalue weighted by molar-refractivity contribution is -0.119. The van der Waals surface area contributed by atoms with Crippen molar-refractivity contribution in [3.05, 3.63) is 0 Å². The standard InChI is InChI=1S/C6H15N3O2/c1-11-4-6(9,3-7)2-5(8)10/h2-4,7,9H2,1H3,(H2,8,10). The molecule has 0 aliphatic heterocycles. The second-order valence-electron chi connectivity index (χ2n) is 2.64. The molecule has 0 aromatic carbocycles. The largest absolute Gasteiger partial charge is 0.383 e. The third-order valence-electron chi connectivity index (χ3n) is 1.36. The van der Waals surface area contributed by atoms with Gasteiger partial charge in [0.25, 0.3) is 0 Å². The highest BCUT2D eigenvalue weighted by Gasteiger charge is 2.25. The minimum absolute atomic E-state index is 0.0529. The van der Waals surface area contributed by atoms with E-state index in [1.807, 2.05) is 0 Å². The Hall–Kier alpha value is -0.650. The lowest BCUT2D eigenvalue weighted by Crippen LogP contribution is -2.53. The molecule has 0 heterocycles. The van der Waals surface area contributed by atoms with E-state index in [9.17, 15) is 4.79 Å². The van der Waals surface area contributed by atoms with Gasteiger partial charge in [0.1, 0.15) is 0 Å². The summed E-state index contributed by atoms with van der Waals surface area (Å²) in [5, 5.41) is 0. The van der Waals surface area contributed by atoms with E-state index < -0.39 is 11.4 Å². The van der Waals surface area contributed by atoms with Crippen LogP contribution in [0.15, 0.2) is 0 Å². The number of primary amides is 1. The zero-order valence-corrected chi connectivity index (χ0v) is 6.67. The molecule has 0 rings (SSSR count). The van der Waals surface area contributed by atoms with Crippen LogP contribution in [0.25, 0.3) is 0 Å². The number of amides is 1. The maximum atomic E-state index is 10.5.